The third-order valence-corrected chi connectivity index (χ3v) is 5.52. The fraction of sp³-hybridized carbons (Fsp3) is 0.143. The minimum absolute atomic E-state index is 0.141. The Hall–Kier alpha value is -4.52. The minimum atomic E-state index is -0.818. The summed E-state index contributed by atoms with van der Waals surface area (Å²) in [5.41, 5.74) is 3.21. The summed E-state index contributed by atoms with van der Waals surface area (Å²) < 4.78 is 16.0. The summed E-state index contributed by atoms with van der Waals surface area (Å²) in [6.07, 6.45) is 1.74. The summed E-state index contributed by atoms with van der Waals surface area (Å²) in [6.45, 7) is 0. The molecular weight excluding hydrogens is 444 g/mol. The Balaban J connectivity index is 1.57. The first-order valence-electron chi connectivity index (χ1n) is 11.1. The van der Waals surface area contributed by atoms with Crippen molar-refractivity contribution < 1.29 is 23.5 Å². The maximum Gasteiger partial charge on any atom is 0.287 e. The predicted molar refractivity (Wildman–Crippen MR) is 134 cm³/mol. The van der Waals surface area contributed by atoms with Gasteiger partial charge in [-0.25, -0.2) is 0 Å². The first kappa shape index (κ1) is 23.6. The second kappa shape index (κ2) is 11.1. The van der Waals surface area contributed by atoms with E-state index in [1.807, 2.05) is 60.7 Å². The smallest absolute Gasteiger partial charge is 0.287 e. The molecule has 178 valence electrons. The van der Waals surface area contributed by atoms with Crippen molar-refractivity contribution in [2.45, 2.75) is 12.5 Å². The third kappa shape index (κ3) is 5.89. The number of amides is 2. The van der Waals surface area contributed by atoms with Crippen LogP contribution in [-0.4, -0.2) is 32.1 Å². The van der Waals surface area contributed by atoms with E-state index in [4.69, 9.17) is 13.9 Å². The summed E-state index contributed by atoms with van der Waals surface area (Å²) in [4.78, 5) is 25.9. The van der Waals surface area contributed by atoms with Crippen LogP contribution in [0.1, 0.15) is 16.1 Å². The number of ether oxygens (including phenoxy) is 2. The maximum absolute atomic E-state index is 13.3. The number of methoxy groups -OCH3 is 2. The maximum atomic E-state index is 13.3. The topological polar surface area (TPSA) is 89.8 Å². The van der Waals surface area contributed by atoms with Crippen molar-refractivity contribution in [3.63, 3.8) is 0 Å². The van der Waals surface area contributed by atoms with Crippen molar-refractivity contribution in [2.75, 3.05) is 19.5 Å². The standard InChI is InChI=1S/C28H26N2O5/c1-33-22-13-10-20(11-14-22)23-18-21(12-15-25(23)34-2)29-27(31)24(17-19-7-4-3-5-8-19)30-28(32)26-9-6-16-35-26/h3-16,18,24H,17H2,1-2H3,(H,29,31)(H,30,32)/t24-/m0/s1. The fourth-order valence-corrected chi connectivity index (χ4v) is 3.71. The van der Waals surface area contributed by atoms with E-state index < -0.39 is 11.9 Å². The lowest BCUT2D eigenvalue weighted by Gasteiger charge is -2.19. The average Bonchev–Trinajstić information content (AvgIpc) is 3.44. The first-order chi connectivity index (χ1) is 17.1. The van der Waals surface area contributed by atoms with Crippen LogP contribution in [0.25, 0.3) is 11.1 Å². The van der Waals surface area contributed by atoms with E-state index in [0.29, 0.717) is 17.9 Å². The molecule has 1 heterocycles. The zero-order valence-corrected chi connectivity index (χ0v) is 19.5. The molecule has 2 amide bonds. The van der Waals surface area contributed by atoms with Crippen molar-refractivity contribution in [1.29, 1.82) is 0 Å². The van der Waals surface area contributed by atoms with Gasteiger partial charge in [0.15, 0.2) is 5.76 Å². The van der Waals surface area contributed by atoms with Gasteiger partial charge in [-0.2, -0.15) is 0 Å². The van der Waals surface area contributed by atoms with E-state index >= 15 is 0 Å². The Kier molecular flexibility index (Phi) is 7.47. The zero-order chi connectivity index (χ0) is 24.6. The number of nitrogens with one attached hydrogen (secondary N) is 2. The molecule has 0 aliphatic rings. The molecule has 7 nitrogen and oxygen atoms in total. The largest absolute Gasteiger partial charge is 0.497 e. The molecule has 0 radical (unpaired) electrons. The molecule has 2 N–H and O–H groups in total. The van der Waals surface area contributed by atoms with Crippen LogP contribution < -0.4 is 20.1 Å². The molecule has 1 atom stereocenters. The molecule has 0 bridgehead atoms. The van der Waals surface area contributed by atoms with Gasteiger partial charge in [-0.05, 0) is 53.6 Å². The Morgan fingerprint density at radius 3 is 2.31 bits per heavy atom. The number of anilines is 1. The molecule has 35 heavy (non-hydrogen) atoms. The van der Waals surface area contributed by atoms with Crippen LogP contribution in [0.2, 0.25) is 0 Å². The van der Waals surface area contributed by atoms with Gasteiger partial charge in [-0.15, -0.1) is 0 Å². The van der Waals surface area contributed by atoms with Crippen LogP contribution >= 0.6 is 0 Å². The molecule has 4 aromatic rings. The molecule has 0 saturated heterocycles. The van der Waals surface area contributed by atoms with Gasteiger partial charge in [0.2, 0.25) is 5.91 Å². The fourth-order valence-electron chi connectivity index (χ4n) is 3.71. The summed E-state index contributed by atoms with van der Waals surface area (Å²) >= 11 is 0. The van der Waals surface area contributed by atoms with Gasteiger partial charge in [0.1, 0.15) is 17.5 Å². The van der Waals surface area contributed by atoms with Crippen LogP contribution in [0.3, 0.4) is 0 Å². The number of benzene rings is 3. The summed E-state index contributed by atoms with van der Waals surface area (Å²) in [6, 6.07) is 24.8. The molecule has 0 spiro atoms. The van der Waals surface area contributed by atoms with Gasteiger partial charge in [0.25, 0.3) is 5.91 Å². The van der Waals surface area contributed by atoms with E-state index in [1.54, 1.807) is 38.5 Å². The number of carbonyl (C=O) groups is 2. The molecule has 0 unspecified atom stereocenters. The van der Waals surface area contributed by atoms with Crippen LogP contribution in [0.5, 0.6) is 11.5 Å². The molecule has 0 fully saturated rings. The van der Waals surface area contributed by atoms with Gasteiger partial charge in [-0.3, -0.25) is 9.59 Å². The second-order valence-electron chi connectivity index (χ2n) is 7.83. The van der Waals surface area contributed by atoms with Gasteiger partial charge < -0.3 is 24.5 Å². The van der Waals surface area contributed by atoms with Crippen LogP contribution in [0, 0.1) is 0 Å². The average molecular weight is 471 g/mol. The normalized spacial score (nSPS) is 11.4. The summed E-state index contributed by atoms with van der Waals surface area (Å²) in [5, 5.41) is 5.72. The SMILES string of the molecule is COc1ccc(-c2cc(NC(=O)[C@H](Cc3ccccc3)NC(=O)c3ccco3)ccc2OC)cc1. The van der Waals surface area contributed by atoms with Crippen molar-refractivity contribution in [2.24, 2.45) is 0 Å². The van der Waals surface area contributed by atoms with Crippen molar-refractivity contribution in [3.8, 4) is 22.6 Å². The highest BCUT2D eigenvalue weighted by atomic mass is 16.5. The molecule has 0 saturated carbocycles. The Morgan fingerprint density at radius 1 is 0.886 bits per heavy atom. The monoisotopic (exact) mass is 470 g/mol. The lowest BCUT2D eigenvalue weighted by molar-refractivity contribution is -0.118. The van der Waals surface area contributed by atoms with Crippen molar-refractivity contribution in [1.82, 2.24) is 5.32 Å². The Bertz CT molecular complexity index is 1270. The highest BCUT2D eigenvalue weighted by Crippen LogP contribution is 2.33. The lowest BCUT2D eigenvalue weighted by atomic mass is 10.0. The number of rotatable bonds is 9. The van der Waals surface area contributed by atoms with Crippen molar-refractivity contribution in [3.05, 3.63) is 103 Å². The van der Waals surface area contributed by atoms with E-state index in [-0.39, 0.29) is 11.7 Å². The van der Waals surface area contributed by atoms with Gasteiger partial charge in [-0.1, -0.05) is 42.5 Å². The van der Waals surface area contributed by atoms with Gasteiger partial charge in [0.05, 0.1) is 20.5 Å². The zero-order valence-electron chi connectivity index (χ0n) is 19.5. The van der Waals surface area contributed by atoms with Crippen LogP contribution in [0.15, 0.2) is 95.6 Å². The number of furan rings is 1. The van der Waals surface area contributed by atoms with Gasteiger partial charge >= 0.3 is 0 Å². The molecule has 3 aromatic carbocycles. The van der Waals surface area contributed by atoms with Crippen LogP contribution in [0.4, 0.5) is 5.69 Å². The predicted octanol–water partition coefficient (Wildman–Crippen LogP) is 4.94. The number of carbonyl (C=O) groups excluding carboxylic acids is 2. The molecule has 4 rings (SSSR count). The second-order valence-corrected chi connectivity index (χ2v) is 7.83. The van der Waals surface area contributed by atoms with Crippen LogP contribution in [-0.2, 0) is 11.2 Å². The quantitative estimate of drug-likeness (QED) is 0.362. The first-order valence-corrected chi connectivity index (χ1v) is 11.1. The Labute approximate surface area is 203 Å². The van der Waals surface area contributed by atoms with Crippen molar-refractivity contribution >= 4 is 17.5 Å². The summed E-state index contributed by atoms with van der Waals surface area (Å²) in [5.74, 6) is 0.745. The van der Waals surface area contributed by atoms with E-state index in [1.165, 1.54) is 6.26 Å². The Morgan fingerprint density at radius 2 is 1.66 bits per heavy atom. The highest BCUT2D eigenvalue weighted by molar-refractivity contribution is 6.00. The highest BCUT2D eigenvalue weighted by Gasteiger charge is 2.23. The summed E-state index contributed by atoms with van der Waals surface area (Å²) in [7, 11) is 3.21. The number of hydrogen-bond acceptors (Lipinski definition) is 5. The lowest BCUT2D eigenvalue weighted by Crippen LogP contribution is -2.45. The minimum Gasteiger partial charge on any atom is -0.497 e. The van der Waals surface area contributed by atoms with E-state index in [2.05, 4.69) is 10.6 Å². The molecule has 0 aliphatic carbocycles. The molecular formula is C28H26N2O5. The van der Waals surface area contributed by atoms with E-state index in [9.17, 15) is 9.59 Å². The number of hydrogen-bond donors (Lipinski definition) is 2. The molecule has 1 aromatic heterocycles. The molecule has 0 aliphatic heterocycles. The van der Waals surface area contributed by atoms with E-state index in [0.717, 1.165) is 22.4 Å². The van der Waals surface area contributed by atoms with Gasteiger partial charge in [0, 0.05) is 17.7 Å². The third-order valence-electron chi connectivity index (χ3n) is 5.52. The molecule has 7 heteroatoms.